The average Bonchev–Trinajstić information content (AvgIpc) is 2.36. The van der Waals surface area contributed by atoms with E-state index in [4.69, 9.17) is 4.74 Å². The highest BCUT2D eigenvalue weighted by molar-refractivity contribution is 5.97. The normalized spacial score (nSPS) is 12.7. The molecule has 0 heterocycles. The van der Waals surface area contributed by atoms with Crippen LogP contribution in [0, 0.1) is 0 Å². The lowest BCUT2D eigenvalue weighted by atomic mass is 10.0. The fraction of sp³-hybridized carbons (Fsp3) is 0.500. The van der Waals surface area contributed by atoms with E-state index in [2.05, 4.69) is 5.32 Å². The Labute approximate surface area is 120 Å². The molecule has 0 saturated heterocycles. The van der Waals surface area contributed by atoms with E-state index in [0.717, 1.165) is 12.0 Å². The van der Waals surface area contributed by atoms with Crippen LogP contribution in [0.1, 0.15) is 50.5 Å². The number of carbonyl (C=O) groups is 2. The van der Waals surface area contributed by atoms with E-state index in [1.807, 2.05) is 25.1 Å². The van der Waals surface area contributed by atoms with Crippen LogP contribution in [-0.2, 0) is 16.0 Å². The Kier molecular flexibility index (Phi) is 5.31. The highest BCUT2D eigenvalue weighted by Crippen LogP contribution is 2.11. The van der Waals surface area contributed by atoms with Gasteiger partial charge in [-0.25, -0.2) is 4.79 Å². The van der Waals surface area contributed by atoms with Gasteiger partial charge >= 0.3 is 5.97 Å². The van der Waals surface area contributed by atoms with Crippen molar-refractivity contribution in [2.24, 2.45) is 0 Å². The topological polar surface area (TPSA) is 55.4 Å². The number of benzene rings is 1. The van der Waals surface area contributed by atoms with Gasteiger partial charge in [-0.2, -0.15) is 0 Å². The van der Waals surface area contributed by atoms with Crippen molar-refractivity contribution in [2.75, 3.05) is 0 Å². The maximum absolute atomic E-state index is 12.2. The lowest BCUT2D eigenvalue weighted by Gasteiger charge is -2.22. The zero-order valence-electron chi connectivity index (χ0n) is 12.8. The molecule has 0 unspecified atom stereocenters. The predicted molar refractivity (Wildman–Crippen MR) is 78.6 cm³/mol. The lowest BCUT2D eigenvalue weighted by Crippen LogP contribution is -2.42. The van der Waals surface area contributed by atoms with Crippen molar-refractivity contribution in [1.82, 2.24) is 5.32 Å². The predicted octanol–water partition coefficient (Wildman–Crippen LogP) is 2.71. The van der Waals surface area contributed by atoms with Crippen LogP contribution in [0.3, 0.4) is 0 Å². The van der Waals surface area contributed by atoms with Gasteiger partial charge in [0.15, 0.2) is 0 Å². The van der Waals surface area contributed by atoms with E-state index in [-0.39, 0.29) is 5.91 Å². The first-order valence-corrected chi connectivity index (χ1v) is 6.86. The molecule has 0 bridgehead atoms. The first kappa shape index (κ1) is 16.2. The van der Waals surface area contributed by atoms with Crippen molar-refractivity contribution in [3.8, 4) is 0 Å². The largest absolute Gasteiger partial charge is 0.458 e. The number of hydrogen-bond acceptors (Lipinski definition) is 3. The molecule has 0 saturated carbocycles. The van der Waals surface area contributed by atoms with Crippen LogP contribution >= 0.6 is 0 Å². The minimum Gasteiger partial charge on any atom is -0.458 e. The van der Waals surface area contributed by atoms with Gasteiger partial charge in [-0.15, -0.1) is 0 Å². The first-order chi connectivity index (χ1) is 9.24. The van der Waals surface area contributed by atoms with Crippen molar-refractivity contribution in [1.29, 1.82) is 0 Å². The molecule has 0 aromatic heterocycles. The van der Waals surface area contributed by atoms with Gasteiger partial charge in [-0.1, -0.05) is 25.1 Å². The summed E-state index contributed by atoms with van der Waals surface area (Å²) in [6.45, 7) is 9.01. The summed E-state index contributed by atoms with van der Waals surface area (Å²) in [5.74, 6) is -0.680. The zero-order chi connectivity index (χ0) is 15.3. The van der Waals surface area contributed by atoms with Crippen LogP contribution < -0.4 is 5.32 Å². The molecule has 110 valence electrons. The first-order valence-electron chi connectivity index (χ1n) is 6.86. The van der Waals surface area contributed by atoms with Gasteiger partial charge in [0.05, 0.1) is 0 Å². The molecule has 1 aromatic carbocycles. The molecule has 20 heavy (non-hydrogen) atoms. The molecule has 0 aliphatic heterocycles. The number of hydrogen-bond donors (Lipinski definition) is 1. The summed E-state index contributed by atoms with van der Waals surface area (Å²) < 4.78 is 5.24. The second kappa shape index (κ2) is 6.55. The van der Waals surface area contributed by atoms with Crippen LogP contribution in [0.2, 0.25) is 0 Å². The molecule has 4 heteroatoms. The molecule has 4 nitrogen and oxygen atoms in total. The molecule has 0 spiro atoms. The lowest BCUT2D eigenvalue weighted by molar-refractivity contribution is -0.156. The Balaban J connectivity index is 2.73. The third-order valence-electron chi connectivity index (χ3n) is 2.75. The van der Waals surface area contributed by atoms with Crippen LogP contribution in [0.5, 0.6) is 0 Å². The second-order valence-electron chi connectivity index (χ2n) is 5.74. The standard InChI is InChI=1S/C16H23NO3/c1-6-12-9-7-8-10-13(12)14(18)17-11(2)15(19)20-16(3,4)5/h7-11H,6H2,1-5H3,(H,17,18)/t11-/m0/s1. The van der Waals surface area contributed by atoms with Crippen molar-refractivity contribution < 1.29 is 14.3 Å². The summed E-state index contributed by atoms with van der Waals surface area (Å²) in [7, 11) is 0. The van der Waals surface area contributed by atoms with Gasteiger partial charge in [-0.05, 0) is 45.7 Å². The zero-order valence-corrected chi connectivity index (χ0v) is 12.8. The Morgan fingerprint density at radius 2 is 1.85 bits per heavy atom. The quantitative estimate of drug-likeness (QED) is 0.861. The van der Waals surface area contributed by atoms with Gasteiger partial charge in [0.2, 0.25) is 0 Å². The molecule has 1 rings (SSSR count). The molecule has 1 aromatic rings. The number of carbonyl (C=O) groups excluding carboxylic acids is 2. The minimum atomic E-state index is -0.674. The molecular formula is C16H23NO3. The molecule has 0 aliphatic carbocycles. The highest BCUT2D eigenvalue weighted by Gasteiger charge is 2.23. The van der Waals surface area contributed by atoms with Crippen molar-refractivity contribution in [2.45, 2.75) is 52.7 Å². The van der Waals surface area contributed by atoms with Gasteiger partial charge in [0.1, 0.15) is 11.6 Å². The third kappa shape index (κ3) is 4.68. The van der Waals surface area contributed by atoms with E-state index in [1.165, 1.54) is 0 Å². The summed E-state index contributed by atoms with van der Waals surface area (Å²) >= 11 is 0. The van der Waals surface area contributed by atoms with Gasteiger partial charge in [0, 0.05) is 5.56 Å². The SMILES string of the molecule is CCc1ccccc1C(=O)N[C@@H](C)C(=O)OC(C)(C)C. The summed E-state index contributed by atoms with van der Waals surface area (Å²) in [6, 6.07) is 6.70. The molecule has 1 atom stereocenters. The number of rotatable bonds is 4. The molecular weight excluding hydrogens is 254 g/mol. The summed E-state index contributed by atoms with van der Waals surface area (Å²) in [6.07, 6.45) is 0.768. The van der Waals surface area contributed by atoms with Crippen LogP contribution in [0.15, 0.2) is 24.3 Å². The Morgan fingerprint density at radius 3 is 2.40 bits per heavy atom. The van der Waals surface area contributed by atoms with E-state index in [1.54, 1.807) is 33.8 Å². The van der Waals surface area contributed by atoms with E-state index < -0.39 is 17.6 Å². The number of ether oxygens (including phenoxy) is 1. The minimum absolute atomic E-state index is 0.249. The number of esters is 1. The molecule has 0 radical (unpaired) electrons. The fourth-order valence-electron chi connectivity index (χ4n) is 1.77. The molecule has 0 aliphatic rings. The molecule has 0 fully saturated rings. The second-order valence-corrected chi connectivity index (χ2v) is 5.74. The van der Waals surface area contributed by atoms with Gasteiger partial charge < -0.3 is 10.1 Å². The average molecular weight is 277 g/mol. The van der Waals surface area contributed by atoms with E-state index in [9.17, 15) is 9.59 Å². The Hall–Kier alpha value is -1.84. The number of aryl methyl sites for hydroxylation is 1. The van der Waals surface area contributed by atoms with Crippen LogP contribution in [0.25, 0.3) is 0 Å². The summed E-state index contributed by atoms with van der Waals surface area (Å²) in [5, 5.41) is 2.68. The summed E-state index contributed by atoms with van der Waals surface area (Å²) in [5.41, 5.74) is 1.00. The van der Waals surface area contributed by atoms with E-state index in [0.29, 0.717) is 5.56 Å². The van der Waals surface area contributed by atoms with Crippen LogP contribution in [-0.4, -0.2) is 23.5 Å². The maximum atomic E-state index is 12.2. The summed E-state index contributed by atoms with van der Waals surface area (Å²) in [4.78, 5) is 24.0. The van der Waals surface area contributed by atoms with Gasteiger partial charge in [-0.3, -0.25) is 4.79 Å². The fourth-order valence-corrected chi connectivity index (χ4v) is 1.77. The van der Waals surface area contributed by atoms with Crippen molar-refractivity contribution in [3.05, 3.63) is 35.4 Å². The number of nitrogens with one attached hydrogen (secondary N) is 1. The van der Waals surface area contributed by atoms with Crippen molar-refractivity contribution >= 4 is 11.9 Å². The molecule has 1 amide bonds. The third-order valence-corrected chi connectivity index (χ3v) is 2.75. The van der Waals surface area contributed by atoms with Crippen LogP contribution in [0.4, 0.5) is 0 Å². The maximum Gasteiger partial charge on any atom is 0.328 e. The van der Waals surface area contributed by atoms with Gasteiger partial charge in [0.25, 0.3) is 5.91 Å². The number of amides is 1. The Morgan fingerprint density at radius 1 is 1.25 bits per heavy atom. The Bertz CT molecular complexity index is 489. The smallest absolute Gasteiger partial charge is 0.328 e. The monoisotopic (exact) mass is 277 g/mol. The van der Waals surface area contributed by atoms with E-state index >= 15 is 0 Å². The molecule has 1 N–H and O–H groups in total. The van der Waals surface area contributed by atoms with Crippen molar-refractivity contribution in [3.63, 3.8) is 0 Å². The highest BCUT2D eigenvalue weighted by atomic mass is 16.6.